The minimum absolute atomic E-state index is 0. The zero-order chi connectivity index (χ0) is 7.24. The van der Waals surface area contributed by atoms with E-state index in [-0.39, 0.29) is 48.0 Å². The van der Waals surface area contributed by atoms with E-state index in [9.17, 15) is 0 Å². The van der Waals surface area contributed by atoms with Crippen LogP contribution < -0.4 is 48.0 Å². The lowest BCUT2D eigenvalue weighted by Gasteiger charge is -2.52. The third kappa shape index (κ3) is 2.45. The van der Waals surface area contributed by atoms with Gasteiger partial charge in [0.2, 0.25) is 0 Å². The molecule has 0 aliphatic carbocycles. The van der Waals surface area contributed by atoms with Gasteiger partial charge < -0.3 is 56.9 Å². The Balaban J connectivity index is 0.000000605. The number of quaternary nitrogens is 2. The maximum Gasteiger partial charge on any atom is 0.129 e. The van der Waals surface area contributed by atoms with E-state index in [0.29, 0.717) is 0 Å². The lowest BCUT2D eigenvalue weighted by molar-refractivity contribution is -1.06. The normalized spacial score (nSPS) is 44.5. The molecule has 0 aromatic rings. The molecule has 0 atom stereocenters. The Morgan fingerprint density at radius 2 is 0.750 bits per heavy atom. The molecular weight excluding hydrogens is 378 g/mol. The van der Waals surface area contributed by atoms with E-state index < -0.39 is 0 Å². The molecule has 0 aromatic heterocycles. The number of nitrogens with zero attached hydrogens (tertiary/aromatic N) is 2. The quantitative estimate of drug-likeness (QED) is 0.283. The van der Waals surface area contributed by atoms with Crippen LogP contribution in [0.4, 0.5) is 0 Å². The highest BCUT2D eigenvalue weighted by atomic mass is 127. The van der Waals surface area contributed by atoms with Crippen molar-refractivity contribution in [1.29, 1.82) is 0 Å². The predicted molar refractivity (Wildman–Crippen MR) is 41.6 cm³/mol. The average molecular weight is 396 g/mol. The van der Waals surface area contributed by atoms with Gasteiger partial charge in [-0.2, -0.15) is 0 Å². The number of piperazine rings is 3. The highest BCUT2D eigenvalue weighted by molar-refractivity contribution is 4.56. The molecule has 3 aliphatic rings. The van der Waals surface area contributed by atoms with Gasteiger partial charge in [0.1, 0.15) is 39.3 Å². The fourth-order valence-corrected chi connectivity index (χ4v) is 2.12. The first-order valence-corrected chi connectivity index (χ1v) is 4.29. The third-order valence-corrected chi connectivity index (χ3v) is 3.54. The van der Waals surface area contributed by atoms with Crippen LogP contribution in [-0.4, -0.2) is 62.3 Å². The highest BCUT2D eigenvalue weighted by Gasteiger charge is 2.43. The molecule has 0 saturated carbocycles. The molecule has 74 valence electrons. The van der Waals surface area contributed by atoms with Crippen molar-refractivity contribution >= 4 is 0 Å². The molecule has 3 fully saturated rings. The Morgan fingerprint density at radius 3 is 0.917 bits per heavy atom. The summed E-state index contributed by atoms with van der Waals surface area (Å²) in [7, 11) is 4.81. The Kier molecular flexibility index (Phi) is 4.76. The van der Waals surface area contributed by atoms with Gasteiger partial charge in [-0.15, -0.1) is 0 Å². The largest absolute Gasteiger partial charge is 1.00 e. The van der Waals surface area contributed by atoms with E-state index in [4.69, 9.17) is 0 Å². The van der Waals surface area contributed by atoms with Gasteiger partial charge in [0.25, 0.3) is 0 Å². The summed E-state index contributed by atoms with van der Waals surface area (Å²) in [6.07, 6.45) is 0. The molecule has 2 nitrogen and oxygen atoms in total. The number of hydrogen-bond donors (Lipinski definition) is 0. The zero-order valence-electron chi connectivity index (χ0n) is 7.89. The van der Waals surface area contributed by atoms with Crippen LogP contribution >= 0.6 is 0 Å². The number of halogens is 2. The van der Waals surface area contributed by atoms with Crippen LogP contribution in [0.1, 0.15) is 0 Å². The molecule has 0 radical (unpaired) electrons. The monoisotopic (exact) mass is 396 g/mol. The second-order valence-corrected chi connectivity index (χ2v) is 4.58. The van der Waals surface area contributed by atoms with Crippen LogP contribution in [-0.2, 0) is 0 Å². The van der Waals surface area contributed by atoms with Gasteiger partial charge in [-0.3, -0.25) is 0 Å². The standard InChI is InChI=1S/C8H18N2.2HI/c1-9-3-6-10(2,7-4-9)8-5-9;;/h3-8H2,1-2H3;2*1H/q+2;;/p-2. The summed E-state index contributed by atoms with van der Waals surface area (Å²) in [6, 6.07) is 0. The first kappa shape index (κ1) is 13.4. The van der Waals surface area contributed by atoms with Crippen LogP contribution in [0.2, 0.25) is 0 Å². The molecule has 0 N–H and O–H groups in total. The van der Waals surface area contributed by atoms with E-state index in [1.54, 1.807) is 0 Å². The van der Waals surface area contributed by atoms with Crippen molar-refractivity contribution in [3.05, 3.63) is 0 Å². The summed E-state index contributed by atoms with van der Waals surface area (Å²) in [4.78, 5) is 0. The van der Waals surface area contributed by atoms with E-state index in [1.165, 1.54) is 48.2 Å². The Bertz CT molecular complexity index is 119. The van der Waals surface area contributed by atoms with Crippen molar-refractivity contribution in [3.8, 4) is 0 Å². The molecule has 3 heterocycles. The molecule has 0 spiro atoms. The van der Waals surface area contributed by atoms with Crippen molar-refractivity contribution in [2.45, 2.75) is 0 Å². The third-order valence-electron chi connectivity index (χ3n) is 3.54. The van der Waals surface area contributed by atoms with E-state index in [0.717, 1.165) is 0 Å². The van der Waals surface area contributed by atoms with E-state index >= 15 is 0 Å². The first-order valence-electron chi connectivity index (χ1n) is 4.29. The number of fused-ring (bicyclic) bond motifs is 3. The molecule has 3 aliphatic heterocycles. The molecule has 3 saturated heterocycles. The van der Waals surface area contributed by atoms with Crippen molar-refractivity contribution in [2.24, 2.45) is 0 Å². The lowest BCUT2D eigenvalue weighted by atomic mass is 10.1. The predicted octanol–water partition coefficient (Wildman–Crippen LogP) is -6.09. The number of hydrogen-bond acceptors (Lipinski definition) is 0. The Morgan fingerprint density at radius 1 is 0.583 bits per heavy atom. The molecule has 12 heavy (non-hydrogen) atoms. The second kappa shape index (κ2) is 4.27. The number of likely N-dealkylation sites (N-methyl/N-ethyl adjacent to an activating group) is 2. The van der Waals surface area contributed by atoms with Gasteiger partial charge in [0.05, 0.1) is 14.1 Å². The minimum Gasteiger partial charge on any atom is -1.00 e. The summed E-state index contributed by atoms with van der Waals surface area (Å²) in [5, 5.41) is 0. The minimum atomic E-state index is 0. The van der Waals surface area contributed by atoms with E-state index in [1.807, 2.05) is 0 Å². The molecule has 0 aromatic carbocycles. The fourth-order valence-electron chi connectivity index (χ4n) is 2.12. The molecular formula is C8H18I2N2. The molecule has 0 unspecified atom stereocenters. The topological polar surface area (TPSA) is 0 Å². The van der Waals surface area contributed by atoms with Crippen LogP contribution in [0, 0.1) is 0 Å². The van der Waals surface area contributed by atoms with Crippen LogP contribution in [0.15, 0.2) is 0 Å². The highest BCUT2D eigenvalue weighted by Crippen LogP contribution is 2.21. The van der Waals surface area contributed by atoms with Crippen molar-refractivity contribution in [1.82, 2.24) is 0 Å². The van der Waals surface area contributed by atoms with E-state index in [2.05, 4.69) is 14.1 Å². The SMILES string of the molecule is C[N+]12CC[N+](C)(CC1)CC2.[I-].[I-]. The summed E-state index contributed by atoms with van der Waals surface area (Å²) < 4.78 is 2.71. The van der Waals surface area contributed by atoms with Crippen molar-refractivity contribution < 1.29 is 56.9 Å². The molecule has 3 rings (SSSR count). The van der Waals surface area contributed by atoms with Gasteiger partial charge in [-0.1, -0.05) is 0 Å². The first-order chi connectivity index (χ1) is 4.62. The second-order valence-electron chi connectivity index (χ2n) is 4.58. The van der Waals surface area contributed by atoms with Crippen molar-refractivity contribution in [3.63, 3.8) is 0 Å². The van der Waals surface area contributed by atoms with Gasteiger partial charge in [0, 0.05) is 0 Å². The average Bonchev–Trinajstić information content (AvgIpc) is 1.93. The maximum absolute atomic E-state index is 2.41. The zero-order valence-corrected chi connectivity index (χ0v) is 12.2. The lowest BCUT2D eigenvalue weighted by Crippen LogP contribution is -3.00. The molecule has 0 amide bonds. The van der Waals surface area contributed by atoms with Crippen LogP contribution in [0.5, 0.6) is 0 Å². The maximum atomic E-state index is 2.41. The van der Waals surface area contributed by atoms with Gasteiger partial charge in [-0.25, -0.2) is 0 Å². The Labute approximate surface area is 110 Å². The molecule has 2 bridgehead atoms. The van der Waals surface area contributed by atoms with Crippen LogP contribution in [0.25, 0.3) is 0 Å². The summed E-state index contributed by atoms with van der Waals surface area (Å²) in [6.45, 7) is 8.48. The summed E-state index contributed by atoms with van der Waals surface area (Å²) >= 11 is 0. The van der Waals surface area contributed by atoms with Gasteiger partial charge >= 0.3 is 0 Å². The summed E-state index contributed by atoms with van der Waals surface area (Å²) in [5.41, 5.74) is 0. The Hall–Kier alpha value is 1.38. The van der Waals surface area contributed by atoms with Crippen LogP contribution in [0.3, 0.4) is 0 Å². The fraction of sp³-hybridized carbons (Fsp3) is 1.00. The van der Waals surface area contributed by atoms with Crippen molar-refractivity contribution in [2.75, 3.05) is 53.4 Å². The number of rotatable bonds is 0. The van der Waals surface area contributed by atoms with Gasteiger partial charge in [0.15, 0.2) is 0 Å². The smallest absolute Gasteiger partial charge is 0.129 e. The molecule has 4 heteroatoms. The summed E-state index contributed by atoms with van der Waals surface area (Å²) in [5.74, 6) is 0. The van der Waals surface area contributed by atoms with Gasteiger partial charge in [-0.05, 0) is 0 Å².